The number of nitrogens with zero attached hydrogens (tertiary/aromatic N) is 1. The molecule has 0 aromatic heterocycles. The van der Waals surface area contributed by atoms with E-state index in [1.54, 1.807) is 7.11 Å². The molecule has 4 nitrogen and oxygen atoms in total. The molecule has 1 amide bonds. The van der Waals surface area contributed by atoms with Gasteiger partial charge in [-0.1, -0.05) is 32.9 Å². The normalized spacial score (nSPS) is 18.5. The minimum atomic E-state index is -0.355. The number of carbonyl (C=O) groups excluding carboxylic acids is 1. The molecule has 1 heterocycles. The van der Waals surface area contributed by atoms with E-state index in [0.29, 0.717) is 6.54 Å². The van der Waals surface area contributed by atoms with Crippen LogP contribution in [-0.4, -0.2) is 44.6 Å². The Labute approximate surface area is 140 Å². The van der Waals surface area contributed by atoms with Gasteiger partial charge < -0.3 is 15.0 Å². The molecule has 1 aliphatic rings. The maximum absolute atomic E-state index is 12.3. The summed E-state index contributed by atoms with van der Waals surface area (Å²) in [6.45, 7) is 8.67. The number of benzene rings is 1. The van der Waals surface area contributed by atoms with Gasteiger partial charge in [-0.15, -0.1) is 0 Å². The molecule has 0 unspecified atom stereocenters. The molecule has 2 rings (SSSR count). The Morgan fingerprint density at radius 2 is 1.78 bits per heavy atom. The van der Waals surface area contributed by atoms with Crippen molar-refractivity contribution in [3.05, 3.63) is 29.8 Å². The molecule has 128 valence electrons. The number of hydrogen-bond donors (Lipinski definition) is 1. The fraction of sp³-hybridized carbons (Fsp3) is 0.632. The highest BCUT2D eigenvalue weighted by Crippen LogP contribution is 2.35. The third-order valence-electron chi connectivity index (χ3n) is 4.92. The molecular formula is C19H30N2O2. The third-order valence-corrected chi connectivity index (χ3v) is 4.92. The molecule has 1 aromatic rings. The van der Waals surface area contributed by atoms with Gasteiger partial charge >= 0.3 is 0 Å². The van der Waals surface area contributed by atoms with E-state index >= 15 is 0 Å². The minimum absolute atomic E-state index is 0.0136. The monoisotopic (exact) mass is 318 g/mol. The highest BCUT2D eigenvalue weighted by atomic mass is 16.5. The lowest BCUT2D eigenvalue weighted by atomic mass is 9.72. The molecule has 0 atom stereocenters. The van der Waals surface area contributed by atoms with Gasteiger partial charge in [-0.3, -0.25) is 4.79 Å². The molecular weight excluding hydrogens is 288 g/mol. The van der Waals surface area contributed by atoms with Crippen LogP contribution in [0.25, 0.3) is 0 Å². The number of amides is 1. The lowest BCUT2D eigenvalue weighted by Gasteiger charge is -2.41. The largest absolute Gasteiger partial charge is 0.497 e. The van der Waals surface area contributed by atoms with Gasteiger partial charge in [-0.25, -0.2) is 0 Å². The van der Waals surface area contributed by atoms with Gasteiger partial charge in [0.2, 0.25) is 5.91 Å². The minimum Gasteiger partial charge on any atom is -0.497 e. The molecule has 1 aromatic carbocycles. The molecule has 1 fully saturated rings. The van der Waals surface area contributed by atoms with Crippen molar-refractivity contribution in [1.82, 2.24) is 10.2 Å². The van der Waals surface area contributed by atoms with Crippen LogP contribution < -0.4 is 10.1 Å². The first-order valence-electron chi connectivity index (χ1n) is 8.38. The smallest absolute Gasteiger partial charge is 0.225 e. The molecule has 0 spiro atoms. The van der Waals surface area contributed by atoms with E-state index in [2.05, 4.69) is 29.4 Å². The van der Waals surface area contributed by atoms with Crippen LogP contribution in [0.3, 0.4) is 0 Å². The molecule has 1 aliphatic heterocycles. The van der Waals surface area contributed by atoms with Gasteiger partial charge in [-0.05, 0) is 50.7 Å². The van der Waals surface area contributed by atoms with Crippen LogP contribution >= 0.6 is 0 Å². The second-order valence-electron chi connectivity index (χ2n) is 7.74. The number of nitrogens with one attached hydrogen (secondary N) is 1. The second kappa shape index (κ2) is 6.91. The molecule has 0 aliphatic carbocycles. The number of carbonyl (C=O) groups is 1. The second-order valence-corrected chi connectivity index (χ2v) is 7.74. The van der Waals surface area contributed by atoms with Gasteiger partial charge in [0.1, 0.15) is 5.75 Å². The predicted octanol–water partition coefficient (Wildman–Crippen LogP) is 2.82. The Balaban J connectivity index is 2.20. The van der Waals surface area contributed by atoms with Crippen LogP contribution in [0.4, 0.5) is 0 Å². The molecule has 1 saturated heterocycles. The zero-order chi connectivity index (χ0) is 17.1. The van der Waals surface area contributed by atoms with Gasteiger partial charge in [0.15, 0.2) is 0 Å². The first-order chi connectivity index (χ1) is 10.8. The highest BCUT2D eigenvalue weighted by molar-refractivity contribution is 5.81. The number of methoxy groups -OCH3 is 1. The lowest BCUT2D eigenvalue weighted by molar-refractivity contribution is -0.128. The van der Waals surface area contributed by atoms with Crippen molar-refractivity contribution in [2.75, 3.05) is 33.8 Å². The summed E-state index contributed by atoms with van der Waals surface area (Å²) in [5, 5.41) is 3.19. The summed E-state index contributed by atoms with van der Waals surface area (Å²) in [7, 11) is 3.84. The average Bonchev–Trinajstić information content (AvgIpc) is 2.53. The summed E-state index contributed by atoms with van der Waals surface area (Å²) in [4.78, 5) is 14.7. The van der Waals surface area contributed by atoms with Gasteiger partial charge in [0.25, 0.3) is 0 Å². The predicted molar refractivity (Wildman–Crippen MR) is 93.9 cm³/mol. The SMILES string of the molecule is COc1ccc(C2(CNC(=O)C(C)(C)C)CCN(C)CC2)cc1. The number of ether oxygens (including phenoxy) is 1. The van der Waals surface area contributed by atoms with E-state index in [1.807, 2.05) is 32.9 Å². The fourth-order valence-corrected chi connectivity index (χ4v) is 3.07. The number of likely N-dealkylation sites (tertiary alicyclic amines) is 1. The van der Waals surface area contributed by atoms with Crippen LogP contribution in [0.1, 0.15) is 39.2 Å². The summed E-state index contributed by atoms with van der Waals surface area (Å²) in [6, 6.07) is 8.32. The van der Waals surface area contributed by atoms with E-state index in [9.17, 15) is 4.79 Å². The summed E-state index contributed by atoms with van der Waals surface area (Å²) in [6.07, 6.45) is 2.11. The molecule has 0 saturated carbocycles. The molecule has 23 heavy (non-hydrogen) atoms. The van der Waals surface area contributed by atoms with E-state index in [4.69, 9.17) is 4.74 Å². The highest BCUT2D eigenvalue weighted by Gasteiger charge is 2.36. The number of rotatable bonds is 4. The topological polar surface area (TPSA) is 41.6 Å². The fourth-order valence-electron chi connectivity index (χ4n) is 3.07. The van der Waals surface area contributed by atoms with E-state index in [-0.39, 0.29) is 16.7 Å². The number of hydrogen-bond acceptors (Lipinski definition) is 3. The zero-order valence-electron chi connectivity index (χ0n) is 15.1. The quantitative estimate of drug-likeness (QED) is 0.928. The molecule has 4 heteroatoms. The maximum atomic E-state index is 12.3. The first-order valence-corrected chi connectivity index (χ1v) is 8.38. The Kier molecular flexibility index (Phi) is 5.35. The van der Waals surface area contributed by atoms with Crippen molar-refractivity contribution in [1.29, 1.82) is 0 Å². The standard InChI is InChI=1S/C19H30N2O2/c1-18(2,3)17(22)20-14-19(10-12-21(4)13-11-19)15-6-8-16(23-5)9-7-15/h6-9H,10-14H2,1-5H3,(H,20,22). The van der Waals surface area contributed by atoms with Crippen molar-refractivity contribution < 1.29 is 9.53 Å². The van der Waals surface area contributed by atoms with E-state index in [0.717, 1.165) is 31.7 Å². The maximum Gasteiger partial charge on any atom is 0.225 e. The van der Waals surface area contributed by atoms with Crippen LogP contribution in [0, 0.1) is 5.41 Å². The summed E-state index contributed by atoms with van der Waals surface area (Å²) >= 11 is 0. The van der Waals surface area contributed by atoms with Crippen LogP contribution in [0.5, 0.6) is 5.75 Å². The summed E-state index contributed by atoms with van der Waals surface area (Å²) in [5.41, 5.74) is 0.951. The Morgan fingerprint density at radius 3 is 2.26 bits per heavy atom. The van der Waals surface area contributed by atoms with Crippen LogP contribution in [0.2, 0.25) is 0 Å². The lowest BCUT2D eigenvalue weighted by Crippen LogP contribution is -2.49. The third kappa shape index (κ3) is 4.25. The van der Waals surface area contributed by atoms with Crippen molar-refractivity contribution in [2.24, 2.45) is 5.41 Å². The number of piperidine rings is 1. The Hall–Kier alpha value is -1.55. The van der Waals surface area contributed by atoms with E-state index in [1.165, 1.54) is 5.56 Å². The van der Waals surface area contributed by atoms with Crippen LogP contribution in [-0.2, 0) is 10.2 Å². The molecule has 0 bridgehead atoms. The van der Waals surface area contributed by atoms with E-state index < -0.39 is 0 Å². The molecule has 1 N–H and O–H groups in total. The Morgan fingerprint density at radius 1 is 1.22 bits per heavy atom. The first kappa shape index (κ1) is 17.8. The van der Waals surface area contributed by atoms with Crippen molar-refractivity contribution in [3.8, 4) is 5.75 Å². The summed E-state index contributed by atoms with van der Waals surface area (Å²) in [5.74, 6) is 0.986. The van der Waals surface area contributed by atoms with Crippen molar-refractivity contribution >= 4 is 5.91 Å². The zero-order valence-corrected chi connectivity index (χ0v) is 15.1. The molecule has 0 radical (unpaired) electrons. The van der Waals surface area contributed by atoms with Gasteiger partial charge in [-0.2, -0.15) is 0 Å². The van der Waals surface area contributed by atoms with Gasteiger partial charge in [0.05, 0.1) is 7.11 Å². The van der Waals surface area contributed by atoms with Crippen LogP contribution in [0.15, 0.2) is 24.3 Å². The average molecular weight is 318 g/mol. The van der Waals surface area contributed by atoms with Crippen molar-refractivity contribution in [2.45, 2.75) is 39.0 Å². The van der Waals surface area contributed by atoms with Crippen molar-refractivity contribution in [3.63, 3.8) is 0 Å². The Bertz CT molecular complexity index is 523. The summed E-state index contributed by atoms with van der Waals surface area (Å²) < 4.78 is 5.27. The van der Waals surface area contributed by atoms with Gasteiger partial charge in [0, 0.05) is 17.4 Å².